The van der Waals surface area contributed by atoms with Crippen molar-refractivity contribution in [2.75, 3.05) is 0 Å². The molecule has 3 aromatic rings. The first-order valence-electron chi connectivity index (χ1n) is 13.9. The van der Waals surface area contributed by atoms with Gasteiger partial charge < -0.3 is 18.9 Å². The highest BCUT2D eigenvalue weighted by Gasteiger charge is 2.13. The average Bonchev–Trinajstić information content (AvgIpc) is 3.08. The lowest BCUT2D eigenvalue weighted by atomic mass is 9.95. The lowest BCUT2D eigenvalue weighted by Crippen LogP contribution is -2.05. The number of rotatable bonds is 12. The molecule has 234 valence electrons. The summed E-state index contributed by atoms with van der Waals surface area (Å²) in [6.45, 7) is 15.3. The number of hydrogen-bond donors (Lipinski definition) is 0. The van der Waals surface area contributed by atoms with E-state index in [0.717, 1.165) is 34.9 Å². The van der Waals surface area contributed by atoms with Gasteiger partial charge in [0.15, 0.2) is 0 Å². The summed E-state index contributed by atoms with van der Waals surface area (Å²) in [7, 11) is 0. The van der Waals surface area contributed by atoms with Gasteiger partial charge in [-0.25, -0.2) is 19.2 Å². The van der Waals surface area contributed by atoms with Crippen LogP contribution in [0.4, 0.5) is 0 Å². The molecule has 0 heterocycles. The summed E-state index contributed by atoms with van der Waals surface area (Å²) in [6, 6.07) is 17.7. The molecule has 0 saturated carbocycles. The monoisotopic (exact) mass is 626 g/mol. The third-order valence-electron chi connectivity index (χ3n) is 6.00. The minimum absolute atomic E-state index is 0.178. The second kappa shape index (κ2) is 17.5. The van der Waals surface area contributed by atoms with Gasteiger partial charge in [0.1, 0.15) is 5.75 Å². The highest BCUT2D eigenvalue weighted by molar-refractivity contribution is 5.88. The van der Waals surface area contributed by atoms with Gasteiger partial charge in [0.2, 0.25) is 0 Å². The molecule has 0 N–H and O–H groups in total. The molecule has 0 aliphatic heterocycles. The van der Waals surface area contributed by atoms with Gasteiger partial charge in [0.05, 0.1) is 24.3 Å². The molecule has 0 aromatic heterocycles. The Labute approximate surface area is 272 Å². The van der Waals surface area contributed by atoms with Crippen LogP contribution < -0.4 is 4.74 Å². The van der Waals surface area contributed by atoms with Crippen molar-refractivity contribution >= 4 is 42.1 Å². The fourth-order valence-electron chi connectivity index (χ4n) is 3.63. The molecule has 0 aliphatic carbocycles. The molecule has 47 heavy (non-hydrogen) atoms. The summed E-state index contributed by atoms with van der Waals surface area (Å²) in [5.41, 5.74) is 4.74. The maximum atomic E-state index is 12.3. The Morgan fingerprint density at radius 1 is 0.660 bits per heavy atom. The van der Waals surface area contributed by atoms with Gasteiger partial charge in [0, 0.05) is 29.4 Å². The zero-order valence-electron chi connectivity index (χ0n) is 25.6. The van der Waals surface area contributed by atoms with Crippen molar-refractivity contribution in [3.63, 3.8) is 0 Å². The Kier molecular flexibility index (Phi) is 13.0. The SMILES string of the molecule is C=CC(=O)O/C=C/c1ccc(C#Cc2cc(/C=C/OC(=O)C(=C)C)c(-c3ccc(/C=C/OC(=O)C=C)cc3)cc2OC(=O)C=C)cc1. The van der Waals surface area contributed by atoms with Crippen molar-refractivity contribution in [2.45, 2.75) is 6.92 Å². The van der Waals surface area contributed by atoms with Gasteiger partial charge in [-0.2, -0.15) is 0 Å². The second-order valence-electron chi connectivity index (χ2n) is 9.43. The van der Waals surface area contributed by atoms with Gasteiger partial charge >= 0.3 is 23.9 Å². The van der Waals surface area contributed by atoms with Crippen molar-refractivity contribution < 1.29 is 38.1 Å². The number of hydrogen-bond acceptors (Lipinski definition) is 8. The Morgan fingerprint density at radius 3 is 1.72 bits per heavy atom. The number of carbonyl (C=O) groups is 4. The third-order valence-corrected chi connectivity index (χ3v) is 6.00. The first kappa shape index (κ1) is 34.8. The van der Waals surface area contributed by atoms with Gasteiger partial charge in [-0.1, -0.05) is 74.6 Å². The van der Waals surface area contributed by atoms with Crippen molar-refractivity contribution in [3.05, 3.63) is 157 Å². The van der Waals surface area contributed by atoms with E-state index in [1.807, 2.05) is 12.1 Å². The van der Waals surface area contributed by atoms with Crippen LogP contribution in [0.1, 0.15) is 34.7 Å². The fourth-order valence-corrected chi connectivity index (χ4v) is 3.63. The largest absolute Gasteiger partial charge is 0.431 e. The van der Waals surface area contributed by atoms with Gasteiger partial charge in [0.25, 0.3) is 0 Å². The van der Waals surface area contributed by atoms with Gasteiger partial charge in [-0.3, -0.25) is 0 Å². The van der Waals surface area contributed by atoms with E-state index in [-0.39, 0.29) is 11.3 Å². The lowest BCUT2D eigenvalue weighted by Gasteiger charge is -2.13. The maximum absolute atomic E-state index is 12.3. The van der Waals surface area contributed by atoms with E-state index in [4.69, 9.17) is 18.9 Å². The zero-order valence-corrected chi connectivity index (χ0v) is 25.6. The topological polar surface area (TPSA) is 105 Å². The Bertz CT molecular complexity index is 1860. The zero-order chi connectivity index (χ0) is 34.2. The molecular weight excluding hydrogens is 596 g/mol. The van der Waals surface area contributed by atoms with Crippen LogP contribution in [0.2, 0.25) is 0 Å². The van der Waals surface area contributed by atoms with Gasteiger partial charge in [-0.15, -0.1) is 0 Å². The standard InChI is InChI=1S/C39H30O8/c1-6-36(40)44-22-19-29-11-9-28(10-12-29)15-18-33-25-32(21-24-46-39(43)27(4)5)34(26-35(33)47-38(42)8-3)31-16-13-30(14-17-31)20-23-45-37(41)7-2/h6-14,16-17,19-26H,1-4H2,5H3/b22-19+,23-20+,24-21+. The summed E-state index contributed by atoms with van der Waals surface area (Å²) in [5.74, 6) is 3.87. The van der Waals surface area contributed by atoms with Crippen molar-refractivity contribution in [2.24, 2.45) is 0 Å². The summed E-state index contributed by atoms with van der Waals surface area (Å²) in [4.78, 5) is 46.8. The number of ether oxygens (including phenoxy) is 4. The molecule has 3 rings (SSSR count). The minimum atomic E-state index is -0.680. The normalized spacial score (nSPS) is 10.5. The molecule has 0 fully saturated rings. The van der Waals surface area contributed by atoms with Crippen LogP contribution in [0.15, 0.2) is 130 Å². The lowest BCUT2D eigenvalue weighted by molar-refractivity contribution is -0.134. The molecule has 0 radical (unpaired) electrons. The van der Waals surface area contributed by atoms with E-state index in [1.54, 1.807) is 66.8 Å². The van der Waals surface area contributed by atoms with E-state index in [1.165, 1.54) is 25.7 Å². The average molecular weight is 627 g/mol. The number of carbonyl (C=O) groups excluding carboxylic acids is 4. The molecule has 3 aromatic carbocycles. The molecule has 8 heteroatoms. The van der Waals surface area contributed by atoms with E-state index in [9.17, 15) is 19.2 Å². The predicted molar refractivity (Wildman–Crippen MR) is 181 cm³/mol. The van der Waals surface area contributed by atoms with Crippen molar-refractivity contribution in [1.82, 2.24) is 0 Å². The van der Waals surface area contributed by atoms with Crippen LogP contribution in [-0.2, 0) is 33.4 Å². The van der Waals surface area contributed by atoms with E-state index < -0.39 is 23.9 Å². The predicted octanol–water partition coefficient (Wildman–Crippen LogP) is 7.33. The molecule has 0 bridgehead atoms. The minimum Gasteiger partial charge on any atom is -0.431 e. The summed E-state index contributed by atoms with van der Waals surface area (Å²) < 4.78 is 20.5. The summed E-state index contributed by atoms with van der Waals surface area (Å²) in [5, 5.41) is 0. The highest BCUT2D eigenvalue weighted by atomic mass is 16.5. The third kappa shape index (κ3) is 11.1. The first-order valence-corrected chi connectivity index (χ1v) is 13.9. The van der Waals surface area contributed by atoms with Crippen LogP contribution in [0, 0.1) is 11.8 Å². The molecule has 0 amide bonds. The highest BCUT2D eigenvalue weighted by Crippen LogP contribution is 2.33. The molecule has 0 unspecified atom stereocenters. The smallest absolute Gasteiger partial charge is 0.337 e. The molecule has 0 saturated heterocycles. The van der Waals surface area contributed by atoms with Crippen LogP contribution in [0.25, 0.3) is 29.4 Å². The molecule has 0 atom stereocenters. The maximum Gasteiger partial charge on any atom is 0.337 e. The van der Waals surface area contributed by atoms with Gasteiger partial charge in [-0.05, 0) is 77.2 Å². The second-order valence-corrected chi connectivity index (χ2v) is 9.43. The number of esters is 4. The molecular formula is C39H30O8. The van der Waals surface area contributed by atoms with Crippen LogP contribution in [0.5, 0.6) is 5.75 Å². The van der Waals surface area contributed by atoms with Crippen LogP contribution >= 0.6 is 0 Å². The van der Waals surface area contributed by atoms with Crippen molar-refractivity contribution in [3.8, 4) is 28.7 Å². The summed E-state index contributed by atoms with van der Waals surface area (Å²) >= 11 is 0. The van der Waals surface area contributed by atoms with Crippen LogP contribution in [-0.4, -0.2) is 23.9 Å². The Morgan fingerprint density at radius 2 is 1.19 bits per heavy atom. The fraction of sp³-hybridized carbons (Fsp3) is 0.0256. The summed E-state index contributed by atoms with van der Waals surface area (Å²) in [6.07, 6.45) is 11.7. The Hall–Kier alpha value is -6.72. The molecule has 0 spiro atoms. The van der Waals surface area contributed by atoms with Crippen molar-refractivity contribution in [1.29, 1.82) is 0 Å². The van der Waals surface area contributed by atoms with E-state index in [0.29, 0.717) is 22.3 Å². The number of benzene rings is 3. The molecule has 8 nitrogen and oxygen atoms in total. The van der Waals surface area contributed by atoms with E-state index in [2.05, 4.69) is 38.2 Å². The molecule has 0 aliphatic rings. The van der Waals surface area contributed by atoms with E-state index >= 15 is 0 Å². The quantitative estimate of drug-likeness (QED) is 0.0514. The Balaban J connectivity index is 2.05. The first-order chi connectivity index (χ1) is 22.6. The van der Waals surface area contributed by atoms with Crippen LogP contribution in [0.3, 0.4) is 0 Å².